The van der Waals surface area contributed by atoms with E-state index in [2.05, 4.69) is 53.4 Å². The summed E-state index contributed by atoms with van der Waals surface area (Å²) >= 11 is 0. The molecule has 30 heavy (non-hydrogen) atoms. The van der Waals surface area contributed by atoms with E-state index in [1.807, 2.05) is 6.07 Å². The maximum absolute atomic E-state index is 11.0. The van der Waals surface area contributed by atoms with Gasteiger partial charge in [0.2, 0.25) is 0 Å². The first-order valence-electron chi connectivity index (χ1n) is 11.4. The minimum Gasteiger partial charge on any atom is -0.391 e. The monoisotopic (exact) mass is 407 g/mol. The number of ether oxygens (including phenoxy) is 1. The molecule has 1 saturated carbocycles. The number of piperidine rings is 1. The molecule has 2 aromatic rings. The van der Waals surface area contributed by atoms with Crippen molar-refractivity contribution in [2.45, 2.75) is 63.4 Å². The number of hydrogen-bond donors (Lipinski definition) is 1. The van der Waals surface area contributed by atoms with Gasteiger partial charge >= 0.3 is 0 Å². The molecule has 1 heterocycles. The van der Waals surface area contributed by atoms with Gasteiger partial charge in [-0.15, -0.1) is 0 Å². The zero-order valence-corrected chi connectivity index (χ0v) is 17.7. The van der Waals surface area contributed by atoms with Crippen LogP contribution in [-0.4, -0.2) is 47.6 Å². The van der Waals surface area contributed by atoms with Crippen LogP contribution >= 0.6 is 0 Å². The molecule has 4 nitrogen and oxygen atoms in total. The first-order chi connectivity index (χ1) is 14.8. The van der Waals surface area contributed by atoms with E-state index >= 15 is 0 Å². The first-order valence-corrected chi connectivity index (χ1v) is 11.4. The number of aliphatic hydroxyl groups excluding tert-OH is 1. The van der Waals surface area contributed by atoms with Crippen molar-refractivity contribution >= 4 is 6.29 Å². The standard InChI is InChI=1S/C26H33NO3/c28-17-7-10-23-25(18-24(29)26(23)27-15-5-2-6-16-27)30-19-20-11-13-22(14-12-20)21-8-3-1-4-9-21/h1,3-4,8-9,11-14,17,23-26,29H,2,5-7,10,15-16,18-19H2/t23-,24-,25-,26+/m0/s1. The summed E-state index contributed by atoms with van der Waals surface area (Å²) in [4.78, 5) is 13.5. The lowest BCUT2D eigenvalue weighted by Gasteiger charge is -2.38. The lowest BCUT2D eigenvalue weighted by molar-refractivity contribution is -0.108. The summed E-state index contributed by atoms with van der Waals surface area (Å²) in [6.45, 7) is 2.64. The molecule has 1 N–H and O–H groups in total. The summed E-state index contributed by atoms with van der Waals surface area (Å²) in [5.41, 5.74) is 3.55. The van der Waals surface area contributed by atoms with Crippen molar-refractivity contribution in [2.75, 3.05) is 13.1 Å². The van der Waals surface area contributed by atoms with E-state index < -0.39 is 0 Å². The number of carbonyl (C=O) groups is 1. The molecule has 0 aromatic heterocycles. The molecular formula is C26H33NO3. The Kier molecular flexibility index (Phi) is 7.32. The molecule has 0 unspecified atom stereocenters. The average Bonchev–Trinajstić information content (AvgIpc) is 3.12. The van der Waals surface area contributed by atoms with E-state index in [0.717, 1.165) is 31.4 Å². The molecule has 1 aliphatic heterocycles. The van der Waals surface area contributed by atoms with Crippen LogP contribution in [0.1, 0.15) is 44.1 Å². The fourth-order valence-corrected chi connectivity index (χ4v) is 5.22. The van der Waals surface area contributed by atoms with Crippen molar-refractivity contribution in [2.24, 2.45) is 5.92 Å². The van der Waals surface area contributed by atoms with Gasteiger partial charge in [0.1, 0.15) is 6.29 Å². The highest BCUT2D eigenvalue weighted by molar-refractivity contribution is 5.63. The summed E-state index contributed by atoms with van der Waals surface area (Å²) < 4.78 is 6.33. The molecule has 0 bridgehead atoms. The van der Waals surface area contributed by atoms with Gasteiger partial charge < -0.3 is 14.6 Å². The fraction of sp³-hybridized carbons (Fsp3) is 0.500. The largest absolute Gasteiger partial charge is 0.391 e. The minimum atomic E-state index is -0.370. The van der Waals surface area contributed by atoms with Crippen LogP contribution in [0.3, 0.4) is 0 Å². The SMILES string of the molecule is O=CCC[C@@H]1[C@@H](N2CCCCC2)[C@@H](O)C[C@@H]1OCc1ccc(-c2ccccc2)cc1. The highest BCUT2D eigenvalue weighted by Crippen LogP contribution is 2.37. The third-order valence-electron chi connectivity index (χ3n) is 6.74. The highest BCUT2D eigenvalue weighted by atomic mass is 16.5. The molecule has 0 radical (unpaired) electrons. The predicted molar refractivity (Wildman–Crippen MR) is 119 cm³/mol. The van der Waals surface area contributed by atoms with E-state index in [1.54, 1.807) is 0 Å². The van der Waals surface area contributed by atoms with Crippen LogP contribution in [0.2, 0.25) is 0 Å². The van der Waals surface area contributed by atoms with Crippen molar-refractivity contribution in [1.29, 1.82) is 0 Å². The van der Waals surface area contributed by atoms with Gasteiger partial charge in [-0.25, -0.2) is 0 Å². The van der Waals surface area contributed by atoms with Crippen molar-refractivity contribution in [1.82, 2.24) is 4.90 Å². The van der Waals surface area contributed by atoms with Gasteiger partial charge in [0.05, 0.1) is 18.8 Å². The maximum atomic E-state index is 11.0. The second kappa shape index (κ2) is 10.3. The number of benzene rings is 2. The predicted octanol–water partition coefficient (Wildman–Crippen LogP) is 4.45. The Morgan fingerprint density at radius 2 is 1.67 bits per heavy atom. The van der Waals surface area contributed by atoms with Crippen molar-refractivity contribution < 1.29 is 14.6 Å². The molecule has 4 rings (SSSR count). The summed E-state index contributed by atoms with van der Waals surface area (Å²) in [7, 11) is 0. The highest BCUT2D eigenvalue weighted by Gasteiger charge is 2.45. The molecule has 4 atom stereocenters. The Morgan fingerprint density at radius 3 is 2.37 bits per heavy atom. The van der Waals surface area contributed by atoms with E-state index in [9.17, 15) is 9.90 Å². The molecule has 2 aliphatic rings. The van der Waals surface area contributed by atoms with Gasteiger partial charge in [0, 0.05) is 24.8 Å². The lowest BCUT2D eigenvalue weighted by atomic mass is 9.93. The molecule has 1 aliphatic carbocycles. The van der Waals surface area contributed by atoms with Crippen LogP contribution in [0.25, 0.3) is 11.1 Å². The van der Waals surface area contributed by atoms with Gasteiger partial charge in [-0.3, -0.25) is 4.90 Å². The Hall–Kier alpha value is -2.01. The number of aldehydes is 1. The number of carbonyl (C=O) groups excluding carboxylic acids is 1. The third-order valence-corrected chi connectivity index (χ3v) is 6.74. The fourth-order valence-electron chi connectivity index (χ4n) is 5.22. The Morgan fingerprint density at radius 1 is 0.967 bits per heavy atom. The molecule has 160 valence electrons. The van der Waals surface area contributed by atoms with E-state index in [-0.39, 0.29) is 24.2 Å². The number of rotatable bonds is 8. The zero-order valence-electron chi connectivity index (χ0n) is 17.7. The van der Waals surface area contributed by atoms with Gasteiger partial charge in [0.25, 0.3) is 0 Å². The quantitative estimate of drug-likeness (QED) is 0.657. The third kappa shape index (κ3) is 5.00. The average molecular weight is 408 g/mol. The molecule has 4 heteroatoms. The van der Waals surface area contributed by atoms with E-state index in [1.165, 1.54) is 30.4 Å². The molecule has 2 aromatic carbocycles. The second-order valence-corrected chi connectivity index (χ2v) is 8.71. The number of likely N-dealkylation sites (tertiary alicyclic amines) is 1. The van der Waals surface area contributed by atoms with Gasteiger partial charge in [-0.1, -0.05) is 61.0 Å². The topological polar surface area (TPSA) is 49.8 Å². The Balaban J connectivity index is 1.40. The summed E-state index contributed by atoms with van der Waals surface area (Å²) in [5.74, 6) is 0.215. The zero-order chi connectivity index (χ0) is 20.8. The Bertz CT molecular complexity index is 786. The number of aliphatic hydroxyl groups is 1. The van der Waals surface area contributed by atoms with E-state index in [4.69, 9.17) is 4.74 Å². The molecule has 2 fully saturated rings. The van der Waals surface area contributed by atoms with Crippen LogP contribution in [0.15, 0.2) is 54.6 Å². The number of hydrogen-bond acceptors (Lipinski definition) is 4. The summed E-state index contributed by atoms with van der Waals surface area (Å²) in [6, 6.07) is 19.0. The summed E-state index contributed by atoms with van der Waals surface area (Å²) in [6.07, 6.45) is 6.28. The van der Waals surface area contributed by atoms with Crippen molar-refractivity contribution in [3.05, 3.63) is 60.2 Å². The molecule has 1 saturated heterocycles. The van der Waals surface area contributed by atoms with Crippen molar-refractivity contribution in [3.63, 3.8) is 0 Å². The van der Waals surface area contributed by atoms with Gasteiger partial charge in [-0.2, -0.15) is 0 Å². The second-order valence-electron chi connectivity index (χ2n) is 8.71. The first kappa shape index (κ1) is 21.2. The van der Waals surface area contributed by atoms with Crippen LogP contribution in [0, 0.1) is 5.92 Å². The van der Waals surface area contributed by atoms with Crippen LogP contribution in [0.4, 0.5) is 0 Å². The smallest absolute Gasteiger partial charge is 0.120 e. The van der Waals surface area contributed by atoms with Gasteiger partial charge in [-0.05, 0) is 49.0 Å². The molecule has 0 amide bonds. The molecular weight excluding hydrogens is 374 g/mol. The van der Waals surface area contributed by atoms with Crippen molar-refractivity contribution in [3.8, 4) is 11.1 Å². The normalized spacial score (nSPS) is 27.2. The minimum absolute atomic E-state index is 0.000626. The van der Waals surface area contributed by atoms with Crippen LogP contribution in [-0.2, 0) is 16.1 Å². The van der Waals surface area contributed by atoms with Gasteiger partial charge in [0.15, 0.2) is 0 Å². The van der Waals surface area contributed by atoms with Crippen LogP contribution < -0.4 is 0 Å². The lowest BCUT2D eigenvalue weighted by Crippen LogP contribution is -2.47. The number of nitrogens with zero attached hydrogens (tertiary/aromatic N) is 1. The summed E-state index contributed by atoms with van der Waals surface area (Å²) in [5, 5.41) is 10.8. The molecule has 0 spiro atoms. The Labute approximate surface area is 179 Å². The van der Waals surface area contributed by atoms with E-state index in [0.29, 0.717) is 19.4 Å². The van der Waals surface area contributed by atoms with Crippen LogP contribution in [0.5, 0.6) is 0 Å². The maximum Gasteiger partial charge on any atom is 0.120 e.